The number of pyridine rings is 2. The van der Waals surface area contributed by atoms with Gasteiger partial charge in [-0.1, -0.05) is 12.1 Å². The number of unbranched alkanes of at least 4 members (excludes halogenated alkanes) is 1. The quantitative estimate of drug-likeness (QED) is 0.177. The van der Waals surface area contributed by atoms with Crippen molar-refractivity contribution in [1.82, 2.24) is 15.3 Å². The largest absolute Gasteiger partial charge is 0.497 e. The van der Waals surface area contributed by atoms with Gasteiger partial charge in [-0.15, -0.1) is 0 Å². The number of aromatic nitrogens is 2. The molecule has 0 radical (unpaired) electrons. The molecular weight excluding hydrogens is 530 g/mol. The van der Waals surface area contributed by atoms with Gasteiger partial charge in [-0.2, -0.15) is 13.2 Å². The van der Waals surface area contributed by atoms with E-state index in [9.17, 15) is 27.2 Å². The summed E-state index contributed by atoms with van der Waals surface area (Å²) in [5, 5.41) is 11.4. The monoisotopic (exact) mass is 555 g/mol. The Morgan fingerprint density at radius 3 is 2.35 bits per heavy atom. The van der Waals surface area contributed by atoms with Gasteiger partial charge in [0.1, 0.15) is 11.6 Å². The molecule has 2 heterocycles. The summed E-state index contributed by atoms with van der Waals surface area (Å²) in [6, 6.07) is 11.8. The van der Waals surface area contributed by atoms with Crippen molar-refractivity contribution < 1.29 is 37.0 Å². The Balaban J connectivity index is 1.66. The van der Waals surface area contributed by atoms with Crippen LogP contribution < -0.4 is 10.1 Å². The number of halogens is 4. The Hall–Kier alpha value is -4.54. The van der Waals surface area contributed by atoms with E-state index in [-0.39, 0.29) is 23.2 Å². The highest BCUT2D eigenvalue weighted by Gasteiger charge is 2.42. The molecule has 7 nitrogen and oxygen atoms in total. The molecule has 4 rings (SSSR count). The van der Waals surface area contributed by atoms with Crippen LogP contribution in [0.3, 0.4) is 0 Å². The number of hydrogen-bond donors (Lipinski definition) is 2. The number of nitrogens with zero attached hydrogens (tertiary/aromatic N) is 2. The van der Waals surface area contributed by atoms with Gasteiger partial charge in [0.25, 0.3) is 5.91 Å². The Morgan fingerprint density at radius 1 is 1.02 bits per heavy atom. The molecule has 0 saturated carbocycles. The zero-order valence-electron chi connectivity index (χ0n) is 21.3. The second-order valence-electron chi connectivity index (χ2n) is 9.10. The van der Waals surface area contributed by atoms with Crippen molar-refractivity contribution in [3.05, 3.63) is 89.4 Å². The number of aryl methyl sites for hydroxylation is 1. The number of rotatable bonds is 10. The zero-order valence-corrected chi connectivity index (χ0v) is 21.3. The number of carbonyl (C=O) groups is 2. The first-order valence-electron chi connectivity index (χ1n) is 12.3. The van der Waals surface area contributed by atoms with Gasteiger partial charge >= 0.3 is 12.1 Å². The molecule has 40 heavy (non-hydrogen) atoms. The smallest absolute Gasteiger partial charge is 0.412 e. The Kier molecular flexibility index (Phi) is 8.61. The van der Waals surface area contributed by atoms with Crippen LogP contribution in [0.25, 0.3) is 22.3 Å². The topological polar surface area (TPSA) is 101 Å². The predicted octanol–water partition coefficient (Wildman–Crippen LogP) is 6.28. The van der Waals surface area contributed by atoms with E-state index in [2.05, 4.69) is 9.97 Å². The van der Waals surface area contributed by atoms with Crippen LogP contribution in [-0.2, 0) is 11.2 Å². The van der Waals surface area contributed by atoms with E-state index in [1.165, 1.54) is 49.6 Å². The highest BCUT2D eigenvalue weighted by molar-refractivity contribution is 5.97. The fourth-order valence-electron chi connectivity index (χ4n) is 4.24. The molecule has 4 aromatic rings. The zero-order chi connectivity index (χ0) is 28.9. The lowest BCUT2D eigenvalue weighted by Crippen LogP contribution is -2.38. The molecule has 0 saturated heterocycles. The SMILES string of the molecule is COc1ccc(C(NC(=O)c2cnc3nc(-c4ccc(F)cc4)c(CCCCC(=O)O)cc3c2)C(F)(F)F)cc1. The van der Waals surface area contributed by atoms with Crippen LogP contribution in [0, 0.1) is 5.82 Å². The third-order valence-electron chi connectivity index (χ3n) is 6.27. The van der Waals surface area contributed by atoms with Crippen LogP contribution in [0.1, 0.15) is 46.8 Å². The number of ether oxygens (including phenoxy) is 1. The Morgan fingerprint density at radius 2 is 1.73 bits per heavy atom. The number of methoxy groups -OCH3 is 1. The van der Waals surface area contributed by atoms with E-state index in [0.29, 0.717) is 47.2 Å². The van der Waals surface area contributed by atoms with Crippen molar-refractivity contribution in [1.29, 1.82) is 0 Å². The fourth-order valence-corrected chi connectivity index (χ4v) is 4.24. The summed E-state index contributed by atoms with van der Waals surface area (Å²) in [4.78, 5) is 32.6. The number of aliphatic carboxylic acids is 1. The van der Waals surface area contributed by atoms with E-state index >= 15 is 0 Å². The van der Waals surface area contributed by atoms with Gasteiger partial charge in [-0.25, -0.2) is 14.4 Å². The summed E-state index contributed by atoms with van der Waals surface area (Å²) in [5.41, 5.74) is 1.83. The van der Waals surface area contributed by atoms with Gasteiger partial charge in [0.05, 0.1) is 18.4 Å². The van der Waals surface area contributed by atoms with E-state index in [1.807, 2.05) is 5.32 Å². The van der Waals surface area contributed by atoms with E-state index in [4.69, 9.17) is 9.84 Å². The maximum Gasteiger partial charge on any atom is 0.412 e. The van der Waals surface area contributed by atoms with E-state index in [0.717, 1.165) is 6.20 Å². The summed E-state index contributed by atoms with van der Waals surface area (Å²) in [6.07, 6.45) is -2.24. The summed E-state index contributed by atoms with van der Waals surface area (Å²) in [5.74, 6) is -1.94. The van der Waals surface area contributed by atoms with Crippen molar-refractivity contribution in [2.45, 2.75) is 37.9 Å². The van der Waals surface area contributed by atoms with Gasteiger partial charge in [-0.3, -0.25) is 9.59 Å². The number of amides is 1. The third kappa shape index (κ3) is 6.90. The molecule has 0 aliphatic carbocycles. The number of nitrogens with one attached hydrogen (secondary N) is 1. The normalized spacial score (nSPS) is 12.2. The number of alkyl halides is 3. The van der Waals surface area contributed by atoms with Crippen LogP contribution in [0.5, 0.6) is 5.75 Å². The number of carbonyl (C=O) groups excluding carboxylic acids is 1. The molecule has 0 aliphatic rings. The van der Waals surface area contributed by atoms with Gasteiger partial charge in [0.2, 0.25) is 0 Å². The van der Waals surface area contributed by atoms with Crippen LogP contribution in [0.2, 0.25) is 0 Å². The maximum absolute atomic E-state index is 13.9. The molecule has 11 heteroatoms. The first kappa shape index (κ1) is 28.5. The minimum absolute atomic E-state index is 0.00661. The molecule has 2 aromatic carbocycles. The Bertz CT molecular complexity index is 1510. The second-order valence-corrected chi connectivity index (χ2v) is 9.10. The van der Waals surface area contributed by atoms with Crippen molar-refractivity contribution >= 4 is 22.9 Å². The Labute approximate surface area is 226 Å². The van der Waals surface area contributed by atoms with Crippen LogP contribution in [0.4, 0.5) is 17.6 Å². The van der Waals surface area contributed by atoms with Crippen LogP contribution in [0.15, 0.2) is 66.9 Å². The standard InChI is InChI=1S/C29H25F4N3O4/c1-40-23-12-8-18(9-13-23)26(29(31,32)33)36-28(39)21-15-20-14-19(4-2-3-5-24(37)38)25(35-27(20)34-16-21)17-6-10-22(30)11-7-17/h6-16,26H,2-5H2,1H3,(H,36,39)(H,37,38). The first-order chi connectivity index (χ1) is 19.0. The number of fused-ring (bicyclic) bond motifs is 1. The molecular formula is C29H25F4N3O4. The van der Waals surface area contributed by atoms with Crippen LogP contribution >= 0.6 is 0 Å². The number of carboxylic acids is 1. The predicted molar refractivity (Wildman–Crippen MR) is 139 cm³/mol. The van der Waals surface area contributed by atoms with Gasteiger partial charge in [0.15, 0.2) is 11.7 Å². The summed E-state index contributed by atoms with van der Waals surface area (Å²) >= 11 is 0. The van der Waals surface area contributed by atoms with Crippen molar-refractivity contribution in [2.24, 2.45) is 0 Å². The van der Waals surface area contributed by atoms with Gasteiger partial charge in [-0.05, 0) is 78.9 Å². The molecule has 0 spiro atoms. The maximum atomic E-state index is 13.9. The third-order valence-corrected chi connectivity index (χ3v) is 6.27. The molecule has 2 N–H and O–H groups in total. The van der Waals surface area contributed by atoms with Crippen LogP contribution in [-0.4, -0.2) is 40.2 Å². The molecule has 2 aromatic heterocycles. The minimum atomic E-state index is -4.76. The summed E-state index contributed by atoms with van der Waals surface area (Å²) in [6.45, 7) is 0. The van der Waals surface area contributed by atoms with Gasteiger partial charge < -0.3 is 15.2 Å². The fraction of sp³-hybridized carbons (Fsp3) is 0.241. The summed E-state index contributed by atoms with van der Waals surface area (Å²) in [7, 11) is 1.39. The summed E-state index contributed by atoms with van der Waals surface area (Å²) < 4.78 is 60.1. The number of carboxylic acid groups (broad SMARTS) is 1. The number of hydrogen-bond acceptors (Lipinski definition) is 5. The second kappa shape index (κ2) is 12.1. The molecule has 0 aliphatic heterocycles. The molecule has 0 fully saturated rings. The highest BCUT2D eigenvalue weighted by atomic mass is 19.4. The van der Waals surface area contributed by atoms with Crippen molar-refractivity contribution in [2.75, 3.05) is 7.11 Å². The lowest BCUT2D eigenvalue weighted by molar-refractivity contribution is -0.155. The lowest BCUT2D eigenvalue weighted by atomic mass is 9.99. The molecule has 1 atom stereocenters. The van der Waals surface area contributed by atoms with Crippen molar-refractivity contribution in [3.63, 3.8) is 0 Å². The first-order valence-corrected chi connectivity index (χ1v) is 12.3. The van der Waals surface area contributed by atoms with E-state index < -0.39 is 29.9 Å². The van der Waals surface area contributed by atoms with Crippen molar-refractivity contribution in [3.8, 4) is 17.0 Å². The minimum Gasteiger partial charge on any atom is -0.497 e. The molecule has 1 unspecified atom stereocenters. The molecule has 208 valence electrons. The lowest BCUT2D eigenvalue weighted by Gasteiger charge is -2.22. The number of benzene rings is 2. The van der Waals surface area contributed by atoms with E-state index in [1.54, 1.807) is 18.2 Å². The highest BCUT2D eigenvalue weighted by Crippen LogP contribution is 2.34. The van der Waals surface area contributed by atoms with Gasteiger partial charge in [0, 0.05) is 23.6 Å². The average Bonchev–Trinajstić information content (AvgIpc) is 2.93. The molecule has 1 amide bonds. The average molecular weight is 556 g/mol. The molecule has 0 bridgehead atoms.